The first-order valence-electron chi connectivity index (χ1n) is 9.02. The highest BCUT2D eigenvalue weighted by Crippen LogP contribution is 2.31. The van der Waals surface area contributed by atoms with Crippen LogP contribution in [-0.2, 0) is 0 Å². The number of nitrogens with zero attached hydrogens (tertiary/aromatic N) is 2. The number of benzene rings is 2. The smallest absolute Gasteiger partial charge is 0.293 e. The molecule has 7 nitrogen and oxygen atoms in total. The Hall–Kier alpha value is -2.93. The van der Waals surface area contributed by atoms with E-state index in [2.05, 4.69) is 5.32 Å². The number of aliphatic hydroxyl groups is 1. The van der Waals surface area contributed by atoms with Gasteiger partial charge in [0.25, 0.3) is 11.6 Å². The van der Waals surface area contributed by atoms with Crippen molar-refractivity contribution in [2.24, 2.45) is 0 Å². The van der Waals surface area contributed by atoms with E-state index in [-0.39, 0.29) is 17.8 Å². The number of rotatable bonds is 6. The van der Waals surface area contributed by atoms with Crippen LogP contribution in [0.1, 0.15) is 40.4 Å². The van der Waals surface area contributed by atoms with Crippen LogP contribution < -0.4 is 10.2 Å². The number of anilines is 1. The molecule has 1 saturated heterocycles. The van der Waals surface area contributed by atoms with E-state index < -0.39 is 16.9 Å². The van der Waals surface area contributed by atoms with Gasteiger partial charge in [0.15, 0.2) is 0 Å². The third-order valence-corrected chi connectivity index (χ3v) is 4.80. The molecule has 0 aromatic heterocycles. The zero-order valence-electron chi connectivity index (χ0n) is 15.2. The van der Waals surface area contributed by atoms with Gasteiger partial charge in [-0.3, -0.25) is 14.9 Å². The van der Waals surface area contributed by atoms with Crippen molar-refractivity contribution in [1.29, 1.82) is 0 Å². The second-order valence-corrected chi connectivity index (χ2v) is 6.79. The third-order valence-electron chi connectivity index (χ3n) is 4.80. The van der Waals surface area contributed by atoms with Gasteiger partial charge in [0, 0.05) is 31.3 Å². The van der Waals surface area contributed by atoms with Gasteiger partial charge in [-0.2, -0.15) is 0 Å². The highest BCUT2D eigenvalue weighted by Gasteiger charge is 2.24. The fourth-order valence-electron chi connectivity index (χ4n) is 3.23. The first kappa shape index (κ1) is 18.8. The standard InChI is InChI=1S/C20H23N3O4/c1-14-4-6-15(7-5-14)19(24)13-21-20(25)16-8-9-17(18(12-16)23(26)27)22-10-2-3-11-22/h4-9,12,19,24H,2-3,10-11,13H2,1H3,(H,21,25)/t19-/m1/s1. The zero-order chi connectivity index (χ0) is 19.4. The second kappa shape index (κ2) is 8.18. The van der Waals surface area contributed by atoms with Gasteiger partial charge in [-0.1, -0.05) is 29.8 Å². The van der Waals surface area contributed by atoms with Crippen molar-refractivity contribution in [3.63, 3.8) is 0 Å². The minimum atomic E-state index is -0.839. The minimum absolute atomic E-state index is 0.0313. The average molecular weight is 369 g/mol. The van der Waals surface area contributed by atoms with Crippen molar-refractivity contribution in [3.05, 3.63) is 69.3 Å². The van der Waals surface area contributed by atoms with Crippen molar-refractivity contribution in [2.45, 2.75) is 25.9 Å². The lowest BCUT2D eigenvalue weighted by atomic mass is 10.1. The Labute approximate surface area is 157 Å². The summed E-state index contributed by atoms with van der Waals surface area (Å²) >= 11 is 0. The summed E-state index contributed by atoms with van der Waals surface area (Å²) < 4.78 is 0. The summed E-state index contributed by atoms with van der Waals surface area (Å²) in [4.78, 5) is 25.3. The first-order valence-corrected chi connectivity index (χ1v) is 9.02. The number of nitrogens with one attached hydrogen (secondary N) is 1. The third kappa shape index (κ3) is 4.43. The highest BCUT2D eigenvalue weighted by molar-refractivity contribution is 5.95. The van der Waals surface area contributed by atoms with Gasteiger partial charge in [-0.25, -0.2) is 0 Å². The van der Waals surface area contributed by atoms with E-state index >= 15 is 0 Å². The first-order chi connectivity index (χ1) is 13.0. The van der Waals surface area contributed by atoms with Crippen molar-refractivity contribution < 1.29 is 14.8 Å². The van der Waals surface area contributed by atoms with E-state index in [4.69, 9.17) is 0 Å². The maximum absolute atomic E-state index is 12.4. The van der Waals surface area contributed by atoms with Gasteiger partial charge in [-0.15, -0.1) is 0 Å². The van der Waals surface area contributed by atoms with E-state index in [0.717, 1.165) is 31.5 Å². The van der Waals surface area contributed by atoms with E-state index in [1.165, 1.54) is 6.07 Å². The van der Waals surface area contributed by atoms with Crippen LogP contribution in [0.5, 0.6) is 0 Å². The molecule has 1 aliphatic heterocycles. The number of nitro groups is 1. The molecule has 0 saturated carbocycles. The molecule has 2 aromatic carbocycles. The van der Waals surface area contributed by atoms with E-state index in [0.29, 0.717) is 11.3 Å². The number of nitro benzene ring substituents is 1. The number of amides is 1. The number of hydrogen-bond acceptors (Lipinski definition) is 5. The number of aliphatic hydroxyl groups excluding tert-OH is 1. The molecular weight excluding hydrogens is 346 g/mol. The van der Waals surface area contributed by atoms with Gasteiger partial charge < -0.3 is 15.3 Å². The summed E-state index contributed by atoms with van der Waals surface area (Å²) in [5.41, 5.74) is 2.48. The van der Waals surface area contributed by atoms with Crippen molar-refractivity contribution in [1.82, 2.24) is 5.32 Å². The Morgan fingerprint density at radius 2 is 1.89 bits per heavy atom. The Kier molecular flexibility index (Phi) is 5.71. The lowest BCUT2D eigenvalue weighted by Crippen LogP contribution is -2.28. The van der Waals surface area contributed by atoms with Gasteiger partial charge in [0.05, 0.1) is 11.0 Å². The fraction of sp³-hybridized carbons (Fsp3) is 0.350. The number of aryl methyl sites for hydroxylation is 1. The molecule has 7 heteroatoms. The summed E-state index contributed by atoms with van der Waals surface area (Å²) in [6.07, 6.45) is 1.18. The van der Waals surface area contributed by atoms with Gasteiger partial charge in [-0.05, 0) is 37.5 Å². The van der Waals surface area contributed by atoms with Crippen LogP contribution in [0.15, 0.2) is 42.5 Å². The lowest BCUT2D eigenvalue weighted by Gasteiger charge is -2.18. The van der Waals surface area contributed by atoms with Crippen LogP contribution in [-0.4, -0.2) is 35.6 Å². The molecule has 1 heterocycles. The molecular formula is C20H23N3O4. The Morgan fingerprint density at radius 3 is 2.52 bits per heavy atom. The van der Waals surface area contributed by atoms with E-state index in [9.17, 15) is 20.0 Å². The number of carbonyl (C=O) groups excluding carboxylic acids is 1. The van der Waals surface area contributed by atoms with Crippen LogP contribution in [0.25, 0.3) is 0 Å². The molecule has 27 heavy (non-hydrogen) atoms. The van der Waals surface area contributed by atoms with Gasteiger partial charge in [0.1, 0.15) is 5.69 Å². The summed E-state index contributed by atoms with van der Waals surface area (Å²) in [7, 11) is 0. The predicted molar refractivity (Wildman–Crippen MR) is 103 cm³/mol. The molecule has 142 valence electrons. The quantitative estimate of drug-likeness (QED) is 0.603. The van der Waals surface area contributed by atoms with Crippen LogP contribution in [0.3, 0.4) is 0 Å². The molecule has 1 fully saturated rings. The molecule has 0 aliphatic carbocycles. The SMILES string of the molecule is Cc1ccc([C@H](O)CNC(=O)c2ccc(N3CCCC3)c([N+](=O)[O-])c2)cc1. The Balaban J connectivity index is 1.69. The summed E-state index contributed by atoms with van der Waals surface area (Å²) in [5, 5.41) is 24.3. The molecule has 1 amide bonds. The molecule has 1 atom stereocenters. The average Bonchev–Trinajstić information content (AvgIpc) is 3.20. The highest BCUT2D eigenvalue weighted by atomic mass is 16.6. The molecule has 3 rings (SSSR count). The van der Waals surface area contributed by atoms with Crippen LogP contribution in [0.2, 0.25) is 0 Å². The van der Waals surface area contributed by atoms with Crippen molar-refractivity contribution in [2.75, 3.05) is 24.5 Å². The summed E-state index contributed by atoms with van der Waals surface area (Å²) in [6.45, 7) is 3.56. The van der Waals surface area contributed by atoms with E-state index in [1.807, 2.05) is 36.1 Å². The lowest BCUT2D eigenvalue weighted by molar-refractivity contribution is -0.384. The fourth-order valence-corrected chi connectivity index (χ4v) is 3.23. The zero-order valence-corrected chi connectivity index (χ0v) is 15.2. The topological polar surface area (TPSA) is 95.7 Å². The maximum Gasteiger partial charge on any atom is 0.293 e. The molecule has 0 bridgehead atoms. The molecule has 0 unspecified atom stereocenters. The maximum atomic E-state index is 12.4. The van der Waals surface area contributed by atoms with Crippen molar-refractivity contribution in [3.8, 4) is 0 Å². The normalized spacial score (nSPS) is 14.8. The summed E-state index contributed by atoms with van der Waals surface area (Å²) in [5.74, 6) is -0.447. The Bertz CT molecular complexity index is 830. The minimum Gasteiger partial charge on any atom is -0.387 e. The Morgan fingerprint density at radius 1 is 1.22 bits per heavy atom. The van der Waals surface area contributed by atoms with E-state index in [1.54, 1.807) is 12.1 Å². The molecule has 1 aliphatic rings. The molecule has 2 N–H and O–H groups in total. The predicted octanol–water partition coefficient (Wildman–Crippen LogP) is 2.97. The van der Waals surface area contributed by atoms with Gasteiger partial charge >= 0.3 is 0 Å². The largest absolute Gasteiger partial charge is 0.387 e. The van der Waals surface area contributed by atoms with Crippen LogP contribution >= 0.6 is 0 Å². The monoisotopic (exact) mass is 369 g/mol. The second-order valence-electron chi connectivity index (χ2n) is 6.79. The molecule has 0 radical (unpaired) electrons. The number of carbonyl (C=O) groups is 1. The van der Waals surface area contributed by atoms with Crippen LogP contribution in [0.4, 0.5) is 11.4 Å². The van der Waals surface area contributed by atoms with Gasteiger partial charge in [0.2, 0.25) is 0 Å². The van der Waals surface area contributed by atoms with Crippen LogP contribution in [0, 0.1) is 17.0 Å². The molecule has 0 spiro atoms. The summed E-state index contributed by atoms with van der Waals surface area (Å²) in [6, 6.07) is 11.9. The molecule has 2 aromatic rings. The van der Waals surface area contributed by atoms with Crippen molar-refractivity contribution >= 4 is 17.3 Å². The number of hydrogen-bond donors (Lipinski definition) is 2.